The van der Waals surface area contributed by atoms with Crippen molar-refractivity contribution in [1.82, 2.24) is 4.90 Å². The summed E-state index contributed by atoms with van der Waals surface area (Å²) >= 11 is 0. The lowest BCUT2D eigenvalue weighted by atomic mass is 10.1. The number of benzene rings is 1. The molecule has 0 aliphatic carbocycles. The van der Waals surface area contributed by atoms with Crippen LogP contribution in [0.3, 0.4) is 0 Å². The molecule has 0 saturated carbocycles. The Morgan fingerprint density at radius 1 is 1.56 bits per heavy atom. The number of phenolic OH excluding ortho intramolecular Hbond substituents is 1. The zero-order valence-corrected chi connectivity index (χ0v) is 9.36. The van der Waals surface area contributed by atoms with E-state index in [0.717, 1.165) is 19.5 Å². The molecule has 4 heteroatoms. The van der Waals surface area contributed by atoms with Gasteiger partial charge in [0.25, 0.3) is 0 Å². The minimum absolute atomic E-state index is 0.00394. The highest BCUT2D eigenvalue weighted by Gasteiger charge is 2.25. The number of nitrogens with two attached hydrogens (primary N) is 1. The fourth-order valence-electron chi connectivity index (χ4n) is 2.22. The predicted molar refractivity (Wildman–Crippen MR) is 60.6 cm³/mol. The Balaban J connectivity index is 2.20. The van der Waals surface area contributed by atoms with Crippen LogP contribution >= 0.6 is 0 Å². The maximum atomic E-state index is 13.1. The molecule has 1 saturated heterocycles. The first-order valence-corrected chi connectivity index (χ1v) is 5.56. The van der Waals surface area contributed by atoms with Crippen molar-refractivity contribution in [2.24, 2.45) is 5.73 Å². The second kappa shape index (κ2) is 4.39. The molecule has 3 N–H and O–H groups in total. The van der Waals surface area contributed by atoms with E-state index in [4.69, 9.17) is 5.73 Å². The van der Waals surface area contributed by atoms with Crippen molar-refractivity contribution in [3.63, 3.8) is 0 Å². The molecule has 3 nitrogen and oxygen atoms in total. The van der Waals surface area contributed by atoms with Gasteiger partial charge in [0.2, 0.25) is 0 Å². The first kappa shape index (κ1) is 11.4. The van der Waals surface area contributed by atoms with E-state index < -0.39 is 0 Å². The zero-order valence-electron chi connectivity index (χ0n) is 9.36. The van der Waals surface area contributed by atoms with Gasteiger partial charge in [0.15, 0.2) is 0 Å². The summed E-state index contributed by atoms with van der Waals surface area (Å²) in [6.07, 6.45) is 0.959. The summed E-state index contributed by atoms with van der Waals surface area (Å²) in [6.45, 7) is 3.67. The smallest absolute Gasteiger partial charge is 0.123 e. The molecule has 1 aromatic carbocycles. The zero-order chi connectivity index (χ0) is 11.7. The average Bonchev–Trinajstić information content (AvgIpc) is 2.67. The quantitative estimate of drug-likeness (QED) is 0.802. The van der Waals surface area contributed by atoms with Gasteiger partial charge in [0.1, 0.15) is 11.6 Å². The number of hydrogen-bond acceptors (Lipinski definition) is 3. The maximum absolute atomic E-state index is 13.1. The van der Waals surface area contributed by atoms with Gasteiger partial charge < -0.3 is 10.8 Å². The van der Waals surface area contributed by atoms with Crippen molar-refractivity contribution in [3.8, 4) is 5.75 Å². The number of nitrogens with zero attached hydrogens (tertiary/aromatic N) is 1. The van der Waals surface area contributed by atoms with E-state index in [1.807, 2.05) is 6.92 Å². The van der Waals surface area contributed by atoms with Crippen LogP contribution in [0, 0.1) is 5.82 Å². The monoisotopic (exact) mass is 224 g/mol. The molecular formula is C12H17FN2O. The van der Waals surface area contributed by atoms with Gasteiger partial charge >= 0.3 is 0 Å². The highest BCUT2D eigenvalue weighted by molar-refractivity contribution is 5.35. The molecule has 2 rings (SSSR count). The number of aromatic hydroxyl groups is 1. The Bertz CT molecular complexity index is 383. The number of rotatable bonds is 2. The standard InChI is InChI=1S/C12H17FN2O/c1-8(15-5-4-10(14)7-15)11-6-9(13)2-3-12(11)16/h2-3,6,8,10,16H,4-5,7,14H2,1H3. The predicted octanol–water partition coefficient (Wildman–Crippen LogP) is 1.63. The van der Waals surface area contributed by atoms with Crippen LogP contribution in [0.2, 0.25) is 0 Å². The number of halogens is 1. The third-order valence-corrected chi connectivity index (χ3v) is 3.24. The van der Waals surface area contributed by atoms with Gasteiger partial charge in [0, 0.05) is 30.7 Å². The van der Waals surface area contributed by atoms with Crippen LogP contribution in [0.1, 0.15) is 24.9 Å². The molecule has 16 heavy (non-hydrogen) atoms. The van der Waals surface area contributed by atoms with Crippen LogP contribution in [0.5, 0.6) is 5.75 Å². The molecule has 0 aromatic heterocycles. The normalized spacial score (nSPS) is 23.6. The summed E-state index contributed by atoms with van der Waals surface area (Å²) in [5, 5.41) is 9.71. The molecule has 1 fully saturated rings. The van der Waals surface area contributed by atoms with E-state index >= 15 is 0 Å². The molecule has 2 unspecified atom stereocenters. The van der Waals surface area contributed by atoms with E-state index in [-0.39, 0.29) is 23.7 Å². The minimum Gasteiger partial charge on any atom is -0.508 e. The first-order valence-electron chi connectivity index (χ1n) is 5.56. The van der Waals surface area contributed by atoms with Crippen molar-refractivity contribution in [2.75, 3.05) is 13.1 Å². The summed E-state index contributed by atoms with van der Waals surface area (Å²) in [6, 6.07) is 4.25. The lowest BCUT2D eigenvalue weighted by Crippen LogP contribution is -2.28. The maximum Gasteiger partial charge on any atom is 0.123 e. The second-order valence-electron chi connectivity index (χ2n) is 4.42. The van der Waals surface area contributed by atoms with Crippen molar-refractivity contribution in [3.05, 3.63) is 29.6 Å². The molecule has 1 aliphatic heterocycles. The Kier molecular flexibility index (Phi) is 3.12. The molecule has 1 aliphatic rings. The SMILES string of the molecule is CC(c1cc(F)ccc1O)N1CCC(N)C1. The highest BCUT2D eigenvalue weighted by atomic mass is 19.1. The topological polar surface area (TPSA) is 49.5 Å². The van der Waals surface area contributed by atoms with Crippen molar-refractivity contribution >= 4 is 0 Å². The van der Waals surface area contributed by atoms with Gasteiger partial charge in [-0.2, -0.15) is 0 Å². The average molecular weight is 224 g/mol. The number of hydrogen-bond donors (Lipinski definition) is 2. The van der Waals surface area contributed by atoms with Gasteiger partial charge in [-0.15, -0.1) is 0 Å². The van der Waals surface area contributed by atoms with Crippen LogP contribution in [0.4, 0.5) is 4.39 Å². The molecule has 0 radical (unpaired) electrons. The lowest BCUT2D eigenvalue weighted by molar-refractivity contribution is 0.254. The van der Waals surface area contributed by atoms with Crippen molar-refractivity contribution < 1.29 is 9.50 Å². The van der Waals surface area contributed by atoms with Crippen molar-refractivity contribution in [1.29, 1.82) is 0 Å². The van der Waals surface area contributed by atoms with Crippen LogP contribution < -0.4 is 5.73 Å². The molecule has 88 valence electrons. The van der Waals surface area contributed by atoms with E-state index in [0.29, 0.717) is 5.56 Å². The Labute approximate surface area is 94.7 Å². The fraction of sp³-hybridized carbons (Fsp3) is 0.500. The fourth-order valence-corrected chi connectivity index (χ4v) is 2.22. The number of likely N-dealkylation sites (tertiary alicyclic amines) is 1. The summed E-state index contributed by atoms with van der Waals surface area (Å²) in [5.74, 6) is -0.169. The summed E-state index contributed by atoms with van der Waals surface area (Å²) in [5.41, 5.74) is 6.46. The van der Waals surface area contributed by atoms with Gasteiger partial charge in [0.05, 0.1) is 0 Å². The Morgan fingerprint density at radius 3 is 2.94 bits per heavy atom. The molecule has 0 spiro atoms. The first-order chi connectivity index (χ1) is 7.58. The molecular weight excluding hydrogens is 207 g/mol. The van der Waals surface area contributed by atoms with Crippen LogP contribution in [-0.4, -0.2) is 29.1 Å². The Morgan fingerprint density at radius 2 is 2.31 bits per heavy atom. The molecule has 0 amide bonds. The van der Waals surface area contributed by atoms with Crippen LogP contribution in [0.25, 0.3) is 0 Å². The largest absolute Gasteiger partial charge is 0.508 e. The molecule has 2 atom stereocenters. The molecule has 0 bridgehead atoms. The van der Waals surface area contributed by atoms with E-state index in [1.54, 1.807) is 0 Å². The summed E-state index contributed by atoms with van der Waals surface area (Å²) < 4.78 is 13.1. The Hall–Kier alpha value is -1.13. The van der Waals surface area contributed by atoms with Crippen LogP contribution in [-0.2, 0) is 0 Å². The van der Waals surface area contributed by atoms with Gasteiger partial charge in [-0.25, -0.2) is 4.39 Å². The summed E-state index contributed by atoms with van der Waals surface area (Å²) in [4.78, 5) is 2.17. The van der Waals surface area contributed by atoms with Crippen LogP contribution in [0.15, 0.2) is 18.2 Å². The lowest BCUT2D eigenvalue weighted by Gasteiger charge is -2.25. The van der Waals surface area contributed by atoms with E-state index in [2.05, 4.69) is 4.90 Å². The minimum atomic E-state index is -0.317. The third-order valence-electron chi connectivity index (χ3n) is 3.24. The van der Waals surface area contributed by atoms with Gasteiger partial charge in [-0.05, 0) is 31.5 Å². The van der Waals surface area contributed by atoms with E-state index in [1.165, 1.54) is 18.2 Å². The highest BCUT2D eigenvalue weighted by Crippen LogP contribution is 2.30. The van der Waals surface area contributed by atoms with Gasteiger partial charge in [-0.3, -0.25) is 4.90 Å². The summed E-state index contributed by atoms with van der Waals surface area (Å²) in [7, 11) is 0. The van der Waals surface area contributed by atoms with Gasteiger partial charge in [-0.1, -0.05) is 0 Å². The molecule has 1 heterocycles. The second-order valence-corrected chi connectivity index (χ2v) is 4.42. The molecule has 1 aromatic rings. The third kappa shape index (κ3) is 2.18. The number of phenols is 1. The van der Waals surface area contributed by atoms with E-state index in [9.17, 15) is 9.50 Å². The van der Waals surface area contributed by atoms with Crippen molar-refractivity contribution in [2.45, 2.75) is 25.4 Å².